The highest BCUT2D eigenvalue weighted by molar-refractivity contribution is 6.30. The summed E-state index contributed by atoms with van der Waals surface area (Å²) in [6, 6.07) is 9.89. The molecular formula is C19H17ClN2O3. The second-order valence-corrected chi connectivity index (χ2v) is 6.22. The number of halogens is 1. The Hall–Kier alpha value is -2.66. The molecule has 0 bridgehead atoms. The third kappa shape index (κ3) is 3.28. The first-order valence-corrected chi connectivity index (χ1v) is 8.32. The molecule has 0 radical (unpaired) electrons. The highest BCUT2D eigenvalue weighted by atomic mass is 35.5. The van der Waals surface area contributed by atoms with Crippen molar-refractivity contribution in [3.05, 3.63) is 76.3 Å². The topological polar surface area (TPSA) is 70.5 Å². The number of ketones is 1. The first-order valence-electron chi connectivity index (χ1n) is 7.94. The SMILES string of the molecule is CCC(=O)C1=C(O)C(=O)N(Cc2ccncc2)C1c1ccc(Cl)cc1. The number of aromatic nitrogens is 1. The normalized spacial score (nSPS) is 17.3. The Kier molecular flexibility index (Phi) is 4.86. The summed E-state index contributed by atoms with van der Waals surface area (Å²) in [6.07, 6.45) is 3.48. The van der Waals surface area contributed by atoms with E-state index in [-0.39, 0.29) is 24.3 Å². The average Bonchev–Trinajstić information content (AvgIpc) is 2.87. The number of aliphatic hydroxyl groups excluding tert-OH is 1. The van der Waals surface area contributed by atoms with Crippen molar-refractivity contribution in [1.82, 2.24) is 9.88 Å². The van der Waals surface area contributed by atoms with Gasteiger partial charge in [0.05, 0.1) is 11.6 Å². The molecule has 1 aromatic heterocycles. The molecule has 5 nitrogen and oxygen atoms in total. The van der Waals surface area contributed by atoms with Gasteiger partial charge in [-0.15, -0.1) is 0 Å². The zero-order valence-corrected chi connectivity index (χ0v) is 14.4. The molecule has 1 amide bonds. The van der Waals surface area contributed by atoms with Crippen LogP contribution in [0.2, 0.25) is 5.02 Å². The van der Waals surface area contributed by atoms with E-state index in [1.807, 2.05) is 0 Å². The second kappa shape index (κ2) is 7.07. The monoisotopic (exact) mass is 356 g/mol. The lowest BCUT2D eigenvalue weighted by atomic mass is 9.95. The number of carbonyl (C=O) groups excluding carboxylic acids is 2. The largest absolute Gasteiger partial charge is 0.503 e. The van der Waals surface area contributed by atoms with Gasteiger partial charge in [-0.3, -0.25) is 14.6 Å². The molecule has 0 spiro atoms. The Morgan fingerprint density at radius 1 is 1.20 bits per heavy atom. The lowest BCUT2D eigenvalue weighted by molar-refractivity contribution is -0.130. The van der Waals surface area contributed by atoms with Crippen molar-refractivity contribution in [2.75, 3.05) is 0 Å². The Balaban J connectivity index is 2.05. The van der Waals surface area contributed by atoms with Crippen molar-refractivity contribution < 1.29 is 14.7 Å². The van der Waals surface area contributed by atoms with Crippen LogP contribution in [0.4, 0.5) is 0 Å². The summed E-state index contributed by atoms with van der Waals surface area (Å²) in [6.45, 7) is 1.97. The number of nitrogens with zero attached hydrogens (tertiary/aromatic N) is 2. The summed E-state index contributed by atoms with van der Waals surface area (Å²) in [4.78, 5) is 30.5. The van der Waals surface area contributed by atoms with Crippen LogP contribution < -0.4 is 0 Å². The van der Waals surface area contributed by atoms with Gasteiger partial charge in [-0.2, -0.15) is 0 Å². The quantitative estimate of drug-likeness (QED) is 0.888. The molecule has 2 aromatic rings. The van der Waals surface area contributed by atoms with Gasteiger partial charge in [-0.05, 0) is 35.4 Å². The Labute approximate surface area is 150 Å². The number of amides is 1. The molecule has 1 aromatic carbocycles. The van der Waals surface area contributed by atoms with Gasteiger partial charge < -0.3 is 10.0 Å². The highest BCUT2D eigenvalue weighted by Gasteiger charge is 2.42. The van der Waals surface area contributed by atoms with Crippen molar-refractivity contribution in [2.45, 2.75) is 25.9 Å². The third-order valence-electron chi connectivity index (χ3n) is 4.21. The first kappa shape index (κ1) is 17.2. The molecule has 0 fully saturated rings. The summed E-state index contributed by atoms with van der Waals surface area (Å²) >= 11 is 5.95. The Bertz CT molecular complexity index is 832. The minimum Gasteiger partial charge on any atom is -0.503 e. The average molecular weight is 357 g/mol. The van der Waals surface area contributed by atoms with Gasteiger partial charge in [-0.1, -0.05) is 30.7 Å². The summed E-state index contributed by atoms with van der Waals surface area (Å²) in [5.41, 5.74) is 1.73. The molecule has 6 heteroatoms. The molecule has 1 aliphatic rings. The van der Waals surface area contributed by atoms with E-state index in [0.29, 0.717) is 5.02 Å². The lowest BCUT2D eigenvalue weighted by Crippen LogP contribution is -2.30. The fourth-order valence-electron chi connectivity index (χ4n) is 2.97. The van der Waals surface area contributed by atoms with Crippen LogP contribution >= 0.6 is 11.6 Å². The lowest BCUT2D eigenvalue weighted by Gasteiger charge is -2.27. The molecule has 0 saturated carbocycles. The predicted molar refractivity (Wildman–Crippen MR) is 93.9 cm³/mol. The maximum absolute atomic E-state index is 12.6. The van der Waals surface area contributed by atoms with Crippen molar-refractivity contribution in [1.29, 1.82) is 0 Å². The summed E-state index contributed by atoms with van der Waals surface area (Å²) in [5.74, 6) is -1.27. The molecule has 128 valence electrons. The molecule has 0 saturated heterocycles. The zero-order valence-electron chi connectivity index (χ0n) is 13.6. The zero-order chi connectivity index (χ0) is 18.0. The molecule has 1 unspecified atom stereocenters. The predicted octanol–water partition coefficient (Wildman–Crippen LogP) is 3.61. The number of rotatable bonds is 5. The van der Waals surface area contributed by atoms with Gasteiger partial charge in [-0.25, -0.2) is 0 Å². The van der Waals surface area contributed by atoms with Crippen molar-refractivity contribution in [3.63, 3.8) is 0 Å². The van der Waals surface area contributed by atoms with Gasteiger partial charge in [0.2, 0.25) is 0 Å². The van der Waals surface area contributed by atoms with Crippen LogP contribution in [-0.2, 0) is 16.1 Å². The number of hydrogen-bond donors (Lipinski definition) is 1. The first-order chi connectivity index (χ1) is 12.0. The maximum atomic E-state index is 12.6. The smallest absolute Gasteiger partial charge is 0.290 e. The second-order valence-electron chi connectivity index (χ2n) is 5.78. The van der Waals surface area contributed by atoms with Crippen LogP contribution in [0.25, 0.3) is 0 Å². The number of hydrogen-bond acceptors (Lipinski definition) is 4. The minimum absolute atomic E-state index is 0.142. The van der Waals surface area contributed by atoms with Gasteiger partial charge in [0.1, 0.15) is 0 Å². The Morgan fingerprint density at radius 3 is 2.44 bits per heavy atom. The number of benzene rings is 1. The fourth-order valence-corrected chi connectivity index (χ4v) is 3.09. The van der Waals surface area contributed by atoms with Crippen LogP contribution in [0, 0.1) is 0 Å². The molecule has 0 aliphatic carbocycles. The van der Waals surface area contributed by atoms with E-state index in [1.54, 1.807) is 55.7 Å². The number of pyridine rings is 1. The van der Waals surface area contributed by atoms with Crippen LogP contribution in [0.1, 0.15) is 30.5 Å². The molecule has 2 heterocycles. The molecule has 1 aliphatic heterocycles. The molecule has 1 N–H and O–H groups in total. The molecule has 25 heavy (non-hydrogen) atoms. The van der Waals surface area contributed by atoms with Gasteiger partial charge >= 0.3 is 0 Å². The third-order valence-corrected chi connectivity index (χ3v) is 4.47. The number of carbonyl (C=O) groups is 2. The molecule has 3 rings (SSSR count). The van der Waals surface area contributed by atoms with E-state index in [1.165, 1.54) is 4.90 Å². The summed E-state index contributed by atoms with van der Waals surface area (Å²) in [5, 5.41) is 10.9. The van der Waals surface area contributed by atoms with Crippen LogP contribution in [0.3, 0.4) is 0 Å². The van der Waals surface area contributed by atoms with E-state index >= 15 is 0 Å². The van der Waals surface area contributed by atoms with Crippen molar-refractivity contribution in [3.8, 4) is 0 Å². The molecular weight excluding hydrogens is 340 g/mol. The van der Waals surface area contributed by atoms with E-state index in [0.717, 1.165) is 11.1 Å². The van der Waals surface area contributed by atoms with Crippen LogP contribution in [-0.4, -0.2) is 26.7 Å². The van der Waals surface area contributed by atoms with E-state index in [9.17, 15) is 14.7 Å². The maximum Gasteiger partial charge on any atom is 0.290 e. The Morgan fingerprint density at radius 2 is 1.84 bits per heavy atom. The van der Waals surface area contributed by atoms with E-state index < -0.39 is 17.7 Å². The van der Waals surface area contributed by atoms with E-state index in [4.69, 9.17) is 11.6 Å². The summed E-state index contributed by atoms with van der Waals surface area (Å²) < 4.78 is 0. The van der Waals surface area contributed by atoms with Crippen molar-refractivity contribution >= 4 is 23.3 Å². The highest BCUT2D eigenvalue weighted by Crippen LogP contribution is 2.39. The van der Waals surface area contributed by atoms with Gasteiger partial charge in [0.15, 0.2) is 11.5 Å². The molecule has 1 atom stereocenters. The fraction of sp³-hybridized carbons (Fsp3) is 0.211. The van der Waals surface area contributed by atoms with E-state index in [2.05, 4.69) is 4.98 Å². The van der Waals surface area contributed by atoms with Crippen molar-refractivity contribution in [2.24, 2.45) is 0 Å². The van der Waals surface area contributed by atoms with Crippen LogP contribution in [0.15, 0.2) is 60.1 Å². The number of aliphatic hydroxyl groups is 1. The number of Topliss-reactive ketones (excluding diaryl/α,β-unsaturated/α-hetero) is 1. The minimum atomic E-state index is -0.634. The van der Waals surface area contributed by atoms with Crippen LogP contribution in [0.5, 0.6) is 0 Å². The standard InChI is InChI=1S/C19H17ClN2O3/c1-2-15(23)16-17(13-3-5-14(20)6-4-13)22(19(25)18(16)24)11-12-7-9-21-10-8-12/h3-10,17,24H,2,11H2,1H3. The summed E-state index contributed by atoms with van der Waals surface area (Å²) in [7, 11) is 0. The van der Waals surface area contributed by atoms with Gasteiger partial charge in [0.25, 0.3) is 5.91 Å². The van der Waals surface area contributed by atoms with Gasteiger partial charge in [0, 0.05) is 30.4 Å².